The molecule has 0 fully saturated rings. The van der Waals surface area contributed by atoms with E-state index in [1.54, 1.807) is 66.7 Å². The number of benzene rings is 3. The fraction of sp³-hybridized carbons (Fsp3) is 0.160. The predicted octanol–water partition coefficient (Wildman–Crippen LogP) is 3.12. The lowest BCUT2D eigenvalue weighted by Crippen LogP contribution is -2.34. The molecule has 0 heterocycles. The largest absolute Gasteiger partial charge is 0.493 e. The number of amides is 3. The van der Waals surface area contributed by atoms with Crippen LogP contribution < -0.4 is 25.4 Å². The Morgan fingerprint density at radius 2 is 1.18 bits per heavy atom. The number of rotatable bonds is 9. The van der Waals surface area contributed by atoms with Crippen molar-refractivity contribution in [3.05, 3.63) is 89.5 Å². The van der Waals surface area contributed by atoms with E-state index in [9.17, 15) is 14.4 Å². The van der Waals surface area contributed by atoms with Gasteiger partial charge in [-0.1, -0.05) is 18.2 Å². The molecule has 3 N–H and O–H groups in total. The zero-order chi connectivity index (χ0) is 23.6. The van der Waals surface area contributed by atoms with Gasteiger partial charge in [-0.25, -0.2) is 0 Å². The minimum Gasteiger partial charge on any atom is -0.493 e. The van der Waals surface area contributed by atoms with Gasteiger partial charge in [-0.15, -0.1) is 0 Å². The summed E-state index contributed by atoms with van der Waals surface area (Å²) >= 11 is 0. The number of hydrogen-bond donors (Lipinski definition) is 3. The van der Waals surface area contributed by atoms with Gasteiger partial charge in [-0.3, -0.25) is 14.4 Å². The first-order valence-electron chi connectivity index (χ1n) is 10.3. The summed E-state index contributed by atoms with van der Waals surface area (Å²) in [6, 6.07) is 20.3. The molecule has 0 saturated heterocycles. The molecular weight excluding hydrogens is 422 g/mol. The average Bonchev–Trinajstić information content (AvgIpc) is 2.86. The smallest absolute Gasteiger partial charge is 0.255 e. The molecule has 0 aromatic heterocycles. The van der Waals surface area contributed by atoms with Crippen LogP contribution in [0.5, 0.6) is 11.5 Å². The first kappa shape index (κ1) is 23.3. The minimum atomic E-state index is -0.317. The summed E-state index contributed by atoms with van der Waals surface area (Å²) in [4.78, 5) is 36.8. The Morgan fingerprint density at radius 3 is 1.76 bits per heavy atom. The van der Waals surface area contributed by atoms with Gasteiger partial charge in [0.25, 0.3) is 17.7 Å². The molecule has 3 rings (SSSR count). The molecule has 3 aromatic rings. The number of nitrogens with one attached hydrogen (secondary N) is 3. The lowest BCUT2D eigenvalue weighted by atomic mass is 10.1. The van der Waals surface area contributed by atoms with Gasteiger partial charge < -0.3 is 25.4 Å². The molecule has 0 bridgehead atoms. The third-order valence-electron chi connectivity index (χ3n) is 4.78. The Morgan fingerprint density at radius 1 is 0.636 bits per heavy atom. The summed E-state index contributed by atoms with van der Waals surface area (Å²) < 4.78 is 10.4. The molecule has 8 heteroatoms. The second kappa shape index (κ2) is 11.3. The second-order valence-corrected chi connectivity index (χ2v) is 6.98. The Balaban J connectivity index is 1.48. The zero-order valence-electron chi connectivity index (χ0n) is 18.4. The van der Waals surface area contributed by atoms with Crippen LogP contribution in [0.25, 0.3) is 0 Å². The quantitative estimate of drug-likeness (QED) is 0.437. The average molecular weight is 447 g/mol. The van der Waals surface area contributed by atoms with E-state index in [2.05, 4.69) is 16.0 Å². The summed E-state index contributed by atoms with van der Waals surface area (Å²) in [5.41, 5.74) is 1.96. The van der Waals surface area contributed by atoms with Crippen molar-refractivity contribution in [2.45, 2.75) is 0 Å². The van der Waals surface area contributed by atoms with E-state index in [1.807, 2.05) is 6.07 Å². The topological polar surface area (TPSA) is 106 Å². The maximum Gasteiger partial charge on any atom is 0.255 e. The van der Waals surface area contributed by atoms with Crippen LogP contribution in [0.15, 0.2) is 72.8 Å². The monoisotopic (exact) mass is 447 g/mol. The first-order chi connectivity index (χ1) is 16.0. The maximum atomic E-state index is 12.5. The van der Waals surface area contributed by atoms with Crippen molar-refractivity contribution in [2.24, 2.45) is 0 Å². The van der Waals surface area contributed by atoms with E-state index in [-0.39, 0.29) is 24.3 Å². The van der Waals surface area contributed by atoms with Crippen LogP contribution in [0.3, 0.4) is 0 Å². The highest BCUT2D eigenvalue weighted by atomic mass is 16.5. The van der Waals surface area contributed by atoms with Crippen molar-refractivity contribution in [1.82, 2.24) is 10.6 Å². The summed E-state index contributed by atoms with van der Waals surface area (Å²) in [5.74, 6) is 0.199. The summed E-state index contributed by atoms with van der Waals surface area (Å²) in [7, 11) is 3.02. The van der Waals surface area contributed by atoms with Crippen LogP contribution in [-0.4, -0.2) is 45.0 Å². The number of ether oxygens (including phenoxy) is 2. The minimum absolute atomic E-state index is 0.195. The van der Waals surface area contributed by atoms with Gasteiger partial charge in [0.05, 0.1) is 14.2 Å². The van der Waals surface area contributed by atoms with Crippen molar-refractivity contribution in [3.63, 3.8) is 0 Å². The molecular formula is C25H25N3O5. The number of carbonyl (C=O) groups excluding carboxylic acids is 3. The molecule has 8 nitrogen and oxygen atoms in total. The van der Waals surface area contributed by atoms with Crippen molar-refractivity contribution in [1.29, 1.82) is 0 Å². The molecule has 0 saturated carbocycles. The third kappa shape index (κ3) is 6.33. The molecule has 3 amide bonds. The Hall–Kier alpha value is -4.33. The van der Waals surface area contributed by atoms with Gasteiger partial charge >= 0.3 is 0 Å². The highest BCUT2D eigenvalue weighted by Crippen LogP contribution is 2.27. The lowest BCUT2D eigenvalue weighted by molar-refractivity contribution is 0.0927. The first-order valence-corrected chi connectivity index (χ1v) is 10.3. The highest BCUT2D eigenvalue weighted by Gasteiger charge is 2.12. The molecule has 0 spiro atoms. The maximum absolute atomic E-state index is 12.5. The highest BCUT2D eigenvalue weighted by molar-refractivity contribution is 6.05. The fourth-order valence-electron chi connectivity index (χ4n) is 3.03. The number of methoxy groups -OCH3 is 2. The Kier molecular flexibility index (Phi) is 8.02. The molecule has 0 aliphatic rings. The second-order valence-electron chi connectivity index (χ2n) is 6.98. The third-order valence-corrected chi connectivity index (χ3v) is 4.78. The molecule has 3 aromatic carbocycles. The van der Waals surface area contributed by atoms with Crippen LogP contribution in [0.4, 0.5) is 5.69 Å². The summed E-state index contributed by atoms with van der Waals surface area (Å²) in [5, 5.41) is 8.28. The molecule has 0 atom stereocenters. The summed E-state index contributed by atoms with van der Waals surface area (Å²) in [6.45, 7) is 0.591. The standard InChI is InChI=1S/C25H25N3O5/c1-32-21-13-10-19(16-22(21)33-2)25(31)28-20-11-8-18(9-12-20)24(30)27-15-14-26-23(29)17-6-4-3-5-7-17/h3-13,16H,14-15H2,1-2H3,(H,26,29)(H,27,30)(H,28,31). The number of hydrogen-bond acceptors (Lipinski definition) is 5. The molecule has 0 aliphatic heterocycles. The van der Waals surface area contributed by atoms with E-state index in [4.69, 9.17) is 9.47 Å². The lowest BCUT2D eigenvalue weighted by Gasteiger charge is -2.10. The molecule has 0 unspecified atom stereocenters. The van der Waals surface area contributed by atoms with Gasteiger partial charge in [0, 0.05) is 35.5 Å². The van der Waals surface area contributed by atoms with Crippen molar-refractivity contribution in [2.75, 3.05) is 32.6 Å². The van der Waals surface area contributed by atoms with E-state index in [0.29, 0.717) is 40.4 Å². The Bertz CT molecular complexity index is 1110. The SMILES string of the molecule is COc1ccc(C(=O)Nc2ccc(C(=O)NCCNC(=O)c3ccccc3)cc2)cc1OC. The molecule has 0 radical (unpaired) electrons. The van der Waals surface area contributed by atoms with Gasteiger partial charge in [0.2, 0.25) is 0 Å². The van der Waals surface area contributed by atoms with Crippen LogP contribution in [-0.2, 0) is 0 Å². The molecule has 170 valence electrons. The number of anilines is 1. The van der Waals surface area contributed by atoms with Gasteiger partial charge in [0.1, 0.15) is 0 Å². The van der Waals surface area contributed by atoms with Gasteiger partial charge in [0.15, 0.2) is 11.5 Å². The van der Waals surface area contributed by atoms with E-state index in [0.717, 1.165) is 0 Å². The fourth-order valence-corrected chi connectivity index (χ4v) is 3.03. The van der Waals surface area contributed by atoms with Crippen molar-refractivity contribution < 1.29 is 23.9 Å². The van der Waals surface area contributed by atoms with Gasteiger partial charge in [-0.05, 0) is 54.6 Å². The van der Waals surface area contributed by atoms with E-state index in [1.165, 1.54) is 14.2 Å². The predicted molar refractivity (Wildman–Crippen MR) is 125 cm³/mol. The molecule has 0 aliphatic carbocycles. The van der Waals surface area contributed by atoms with Crippen LogP contribution in [0.2, 0.25) is 0 Å². The number of carbonyl (C=O) groups is 3. The molecule has 33 heavy (non-hydrogen) atoms. The summed E-state index contributed by atoms with van der Waals surface area (Å²) in [6.07, 6.45) is 0. The Labute approximate surface area is 191 Å². The van der Waals surface area contributed by atoms with Crippen LogP contribution in [0, 0.1) is 0 Å². The van der Waals surface area contributed by atoms with Gasteiger partial charge in [-0.2, -0.15) is 0 Å². The normalized spacial score (nSPS) is 10.1. The van der Waals surface area contributed by atoms with Crippen molar-refractivity contribution >= 4 is 23.4 Å². The van der Waals surface area contributed by atoms with Crippen molar-refractivity contribution in [3.8, 4) is 11.5 Å². The van der Waals surface area contributed by atoms with Crippen LogP contribution >= 0.6 is 0 Å². The van der Waals surface area contributed by atoms with Crippen LogP contribution in [0.1, 0.15) is 31.1 Å². The van der Waals surface area contributed by atoms with E-state index >= 15 is 0 Å². The zero-order valence-corrected chi connectivity index (χ0v) is 18.4. The van der Waals surface area contributed by atoms with E-state index < -0.39 is 0 Å².